The molecule has 1 aliphatic rings. The molecule has 1 atom stereocenters. The zero-order chi connectivity index (χ0) is 9.73. The van der Waals surface area contributed by atoms with Crippen molar-refractivity contribution in [3.63, 3.8) is 0 Å². The molecule has 0 aliphatic carbocycles. The molecule has 1 aliphatic heterocycles. The summed E-state index contributed by atoms with van der Waals surface area (Å²) in [7, 11) is 0. The molecule has 0 aromatic rings. The topological polar surface area (TPSA) is 55.8 Å². The molecule has 76 valence electrons. The summed E-state index contributed by atoms with van der Waals surface area (Å²) < 4.78 is 10.3. The van der Waals surface area contributed by atoms with Crippen LogP contribution >= 0.6 is 0 Å². The lowest BCUT2D eigenvalue weighted by molar-refractivity contribution is -0.150. The van der Waals surface area contributed by atoms with Gasteiger partial charge in [0.25, 0.3) is 0 Å². The van der Waals surface area contributed by atoms with Crippen LogP contribution in [0.15, 0.2) is 0 Å². The van der Waals surface area contributed by atoms with Crippen molar-refractivity contribution in [3.05, 3.63) is 0 Å². The van der Waals surface area contributed by atoms with Gasteiger partial charge in [-0.3, -0.25) is 4.79 Å². The lowest BCUT2D eigenvalue weighted by atomic mass is 9.84. The highest BCUT2D eigenvalue weighted by molar-refractivity contribution is 5.75. The molecule has 0 amide bonds. The van der Waals surface area contributed by atoms with Crippen molar-refractivity contribution in [1.82, 2.24) is 0 Å². The summed E-state index contributed by atoms with van der Waals surface area (Å²) in [5.74, 6) is -0.760. The van der Waals surface area contributed by atoms with Gasteiger partial charge in [-0.25, -0.2) is 0 Å². The van der Waals surface area contributed by atoms with E-state index in [1.54, 1.807) is 0 Å². The van der Waals surface area contributed by atoms with Crippen molar-refractivity contribution in [2.45, 2.75) is 19.8 Å². The molecule has 0 bridgehead atoms. The second-order valence-electron chi connectivity index (χ2n) is 3.33. The van der Waals surface area contributed by atoms with Gasteiger partial charge in [0.2, 0.25) is 0 Å². The second-order valence-corrected chi connectivity index (χ2v) is 3.33. The van der Waals surface area contributed by atoms with Crippen LogP contribution in [0, 0.1) is 5.41 Å². The van der Waals surface area contributed by atoms with Gasteiger partial charge in [0.15, 0.2) is 0 Å². The van der Waals surface area contributed by atoms with Crippen molar-refractivity contribution in [2.75, 3.05) is 26.4 Å². The van der Waals surface area contributed by atoms with Gasteiger partial charge in [0.1, 0.15) is 0 Å². The molecule has 4 nitrogen and oxygen atoms in total. The lowest BCUT2D eigenvalue weighted by Gasteiger charge is -2.21. The maximum absolute atomic E-state index is 11.0. The first kappa shape index (κ1) is 10.5. The molecule has 1 heterocycles. The van der Waals surface area contributed by atoms with Crippen LogP contribution in [-0.4, -0.2) is 37.5 Å². The molecule has 0 radical (unpaired) electrons. The van der Waals surface area contributed by atoms with Crippen LogP contribution in [0.1, 0.15) is 19.8 Å². The van der Waals surface area contributed by atoms with Crippen LogP contribution in [0.3, 0.4) is 0 Å². The van der Waals surface area contributed by atoms with E-state index in [0.717, 1.165) is 0 Å². The van der Waals surface area contributed by atoms with E-state index in [9.17, 15) is 4.79 Å². The lowest BCUT2D eigenvalue weighted by Crippen LogP contribution is -2.32. The normalized spacial score (nSPS) is 27.8. The van der Waals surface area contributed by atoms with Gasteiger partial charge in [0, 0.05) is 19.8 Å². The molecule has 0 spiro atoms. The number of carboxylic acids is 1. The van der Waals surface area contributed by atoms with Crippen LogP contribution in [-0.2, 0) is 14.3 Å². The van der Waals surface area contributed by atoms with Crippen molar-refractivity contribution < 1.29 is 19.4 Å². The van der Waals surface area contributed by atoms with E-state index < -0.39 is 11.4 Å². The summed E-state index contributed by atoms with van der Waals surface area (Å²) in [6.07, 6.45) is 1.16. The first-order chi connectivity index (χ1) is 6.21. The zero-order valence-corrected chi connectivity index (χ0v) is 7.91. The van der Waals surface area contributed by atoms with Gasteiger partial charge in [-0.15, -0.1) is 0 Å². The number of aliphatic carboxylic acids is 1. The van der Waals surface area contributed by atoms with Crippen LogP contribution in [0.4, 0.5) is 0 Å². The first-order valence-electron chi connectivity index (χ1n) is 4.60. The number of carboxylic acid groups (broad SMARTS) is 1. The Kier molecular flexibility index (Phi) is 3.69. The van der Waals surface area contributed by atoms with Crippen molar-refractivity contribution in [2.24, 2.45) is 5.41 Å². The van der Waals surface area contributed by atoms with Gasteiger partial charge in [-0.05, 0) is 19.8 Å². The second kappa shape index (κ2) is 4.58. The molecule has 1 unspecified atom stereocenters. The van der Waals surface area contributed by atoms with E-state index in [-0.39, 0.29) is 0 Å². The molecule has 4 heteroatoms. The minimum atomic E-state index is -0.760. The van der Waals surface area contributed by atoms with Gasteiger partial charge in [-0.1, -0.05) is 0 Å². The van der Waals surface area contributed by atoms with Crippen LogP contribution in [0.25, 0.3) is 0 Å². The molecule has 1 saturated heterocycles. The minimum absolute atomic E-state index is 0.329. The third-order valence-electron chi connectivity index (χ3n) is 2.49. The number of hydrogen-bond acceptors (Lipinski definition) is 3. The highest BCUT2D eigenvalue weighted by atomic mass is 16.5. The predicted octanol–water partition coefficient (Wildman–Crippen LogP) is 0.904. The smallest absolute Gasteiger partial charge is 0.312 e. The predicted molar refractivity (Wildman–Crippen MR) is 46.6 cm³/mol. The summed E-state index contributed by atoms with van der Waals surface area (Å²) in [4.78, 5) is 11.0. The molecule has 0 saturated carbocycles. The zero-order valence-electron chi connectivity index (χ0n) is 7.91. The third-order valence-corrected chi connectivity index (χ3v) is 2.49. The van der Waals surface area contributed by atoms with Gasteiger partial charge < -0.3 is 14.6 Å². The van der Waals surface area contributed by atoms with E-state index in [1.807, 2.05) is 6.92 Å². The number of hydrogen-bond donors (Lipinski definition) is 1. The van der Waals surface area contributed by atoms with Crippen LogP contribution in [0.2, 0.25) is 0 Å². The SMILES string of the molecule is CCOCCC1(C(=O)O)CCOC1. The quantitative estimate of drug-likeness (QED) is 0.651. The standard InChI is InChI=1S/C9H16O4/c1-2-12-5-3-9(8(10)11)4-6-13-7-9/h2-7H2,1H3,(H,10,11). The number of rotatable bonds is 5. The summed E-state index contributed by atoms with van der Waals surface area (Å²) in [6.45, 7) is 3.93. The largest absolute Gasteiger partial charge is 0.481 e. The van der Waals surface area contributed by atoms with Gasteiger partial charge in [-0.2, -0.15) is 0 Å². The average Bonchev–Trinajstić information content (AvgIpc) is 2.55. The number of carbonyl (C=O) groups is 1. The Morgan fingerprint density at radius 3 is 2.92 bits per heavy atom. The highest BCUT2D eigenvalue weighted by Crippen LogP contribution is 2.32. The Labute approximate surface area is 77.8 Å². The fraction of sp³-hybridized carbons (Fsp3) is 0.889. The summed E-state index contributed by atoms with van der Waals surface area (Å²) in [5.41, 5.74) is -0.685. The Balaban J connectivity index is 2.43. The first-order valence-corrected chi connectivity index (χ1v) is 4.60. The Morgan fingerprint density at radius 1 is 1.69 bits per heavy atom. The molecule has 1 fully saturated rings. The molecule has 1 N–H and O–H groups in total. The van der Waals surface area contributed by atoms with E-state index in [1.165, 1.54) is 0 Å². The fourth-order valence-electron chi connectivity index (χ4n) is 1.49. The Morgan fingerprint density at radius 2 is 2.46 bits per heavy atom. The molecule has 13 heavy (non-hydrogen) atoms. The Bertz CT molecular complexity index is 172. The summed E-state index contributed by atoms with van der Waals surface area (Å²) in [6, 6.07) is 0. The minimum Gasteiger partial charge on any atom is -0.481 e. The van der Waals surface area contributed by atoms with E-state index in [0.29, 0.717) is 39.3 Å². The van der Waals surface area contributed by atoms with Crippen LogP contribution < -0.4 is 0 Å². The third kappa shape index (κ3) is 2.42. The maximum Gasteiger partial charge on any atom is 0.312 e. The monoisotopic (exact) mass is 188 g/mol. The van der Waals surface area contributed by atoms with E-state index in [4.69, 9.17) is 14.6 Å². The highest BCUT2D eigenvalue weighted by Gasteiger charge is 2.41. The van der Waals surface area contributed by atoms with E-state index in [2.05, 4.69) is 0 Å². The molecule has 0 aromatic carbocycles. The average molecular weight is 188 g/mol. The molecular weight excluding hydrogens is 172 g/mol. The van der Waals surface area contributed by atoms with Gasteiger partial charge in [0.05, 0.1) is 12.0 Å². The van der Waals surface area contributed by atoms with Crippen molar-refractivity contribution in [3.8, 4) is 0 Å². The molecule has 1 rings (SSSR count). The van der Waals surface area contributed by atoms with E-state index >= 15 is 0 Å². The van der Waals surface area contributed by atoms with Gasteiger partial charge >= 0.3 is 5.97 Å². The maximum atomic E-state index is 11.0. The summed E-state index contributed by atoms with van der Waals surface area (Å²) >= 11 is 0. The Hall–Kier alpha value is -0.610. The van der Waals surface area contributed by atoms with Crippen molar-refractivity contribution in [1.29, 1.82) is 0 Å². The molecular formula is C9H16O4. The molecule has 0 aromatic heterocycles. The fourth-order valence-corrected chi connectivity index (χ4v) is 1.49. The number of ether oxygens (including phenoxy) is 2. The van der Waals surface area contributed by atoms with Crippen molar-refractivity contribution >= 4 is 5.97 Å². The summed E-state index contributed by atoms with van der Waals surface area (Å²) in [5, 5.41) is 9.03. The van der Waals surface area contributed by atoms with Crippen LogP contribution in [0.5, 0.6) is 0 Å².